The Morgan fingerprint density at radius 2 is 1.62 bits per heavy atom. The zero-order valence-electron chi connectivity index (χ0n) is 14.0. The molecule has 0 fully saturated rings. The summed E-state index contributed by atoms with van der Waals surface area (Å²) in [6.07, 6.45) is 0.631. The molecule has 3 nitrogen and oxygen atoms in total. The molecule has 3 aromatic rings. The van der Waals surface area contributed by atoms with Crippen LogP contribution >= 0.6 is 11.6 Å². The molecule has 0 bridgehead atoms. The van der Waals surface area contributed by atoms with Gasteiger partial charge in [0.15, 0.2) is 0 Å². The van der Waals surface area contributed by atoms with Crippen molar-refractivity contribution in [1.82, 2.24) is 5.01 Å². The number of hydrogen-bond donors (Lipinski definition) is 0. The molecular weight excluding hydrogens is 344 g/mol. The number of para-hydroxylation sites is 1. The number of fused-ring (bicyclic) bond motifs is 3. The second kappa shape index (κ2) is 6.19. The zero-order valence-corrected chi connectivity index (χ0v) is 14.8. The Kier molecular flexibility index (Phi) is 3.68. The summed E-state index contributed by atoms with van der Waals surface area (Å²) in [7, 11) is 0. The maximum Gasteiger partial charge on any atom is 0.213 e. The third-order valence-corrected chi connectivity index (χ3v) is 5.21. The lowest BCUT2D eigenvalue weighted by atomic mass is 9.96. The lowest BCUT2D eigenvalue weighted by Crippen LogP contribution is -2.33. The van der Waals surface area contributed by atoms with Gasteiger partial charge in [0.2, 0.25) is 6.23 Å². The van der Waals surface area contributed by atoms with Crippen LogP contribution in [0.1, 0.15) is 35.4 Å². The summed E-state index contributed by atoms with van der Waals surface area (Å²) in [5, 5.41) is 7.78. The van der Waals surface area contributed by atoms with Crippen molar-refractivity contribution in [2.24, 2.45) is 5.10 Å². The SMILES string of the molecule is Clc1ccc(C2=NN3[C@H](C2)c2ccccc2O[C@@H]3c2ccccc2)cc1. The molecule has 0 spiro atoms. The first-order valence-corrected chi connectivity index (χ1v) is 9.10. The quantitative estimate of drug-likeness (QED) is 0.595. The van der Waals surface area contributed by atoms with E-state index >= 15 is 0 Å². The highest BCUT2D eigenvalue weighted by Gasteiger charge is 2.40. The summed E-state index contributed by atoms with van der Waals surface area (Å²) in [6, 6.07) is 26.6. The Bertz CT molecular complexity index is 969. The first-order valence-electron chi connectivity index (χ1n) is 8.72. The molecule has 0 N–H and O–H groups in total. The van der Waals surface area contributed by atoms with Crippen molar-refractivity contribution in [3.05, 3.63) is 101 Å². The topological polar surface area (TPSA) is 24.8 Å². The van der Waals surface area contributed by atoms with Crippen molar-refractivity contribution in [3.8, 4) is 5.75 Å². The van der Waals surface area contributed by atoms with Crippen LogP contribution in [0.5, 0.6) is 5.75 Å². The van der Waals surface area contributed by atoms with Crippen molar-refractivity contribution < 1.29 is 4.74 Å². The Morgan fingerprint density at radius 3 is 2.42 bits per heavy atom. The van der Waals surface area contributed by atoms with Crippen molar-refractivity contribution in [3.63, 3.8) is 0 Å². The smallest absolute Gasteiger partial charge is 0.213 e. The van der Waals surface area contributed by atoms with E-state index in [-0.39, 0.29) is 12.3 Å². The van der Waals surface area contributed by atoms with Crippen molar-refractivity contribution in [1.29, 1.82) is 0 Å². The monoisotopic (exact) mass is 360 g/mol. The van der Waals surface area contributed by atoms with Gasteiger partial charge < -0.3 is 4.74 Å². The molecule has 0 saturated carbocycles. The van der Waals surface area contributed by atoms with Gasteiger partial charge >= 0.3 is 0 Å². The number of benzene rings is 3. The molecule has 0 unspecified atom stereocenters. The van der Waals surface area contributed by atoms with Crippen LogP contribution in [0, 0.1) is 0 Å². The molecular formula is C22H17ClN2O. The van der Waals surface area contributed by atoms with E-state index in [0.717, 1.165) is 34.0 Å². The molecule has 2 heterocycles. The Hall–Kier alpha value is -2.78. The normalized spacial score (nSPS) is 20.8. The molecule has 0 aromatic heterocycles. The number of rotatable bonds is 2. The van der Waals surface area contributed by atoms with Gasteiger partial charge in [-0.3, -0.25) is 0 Å². The number of nitrogens with zero attached hydrogens (tertiary/aromatic N) is 2. The van der Waals surface area contributed by atoms with Gasteiger partial charge in [-0.25, -0.2) is 5.01 Å². The van der Waals surface area contributed by atoms with Crippen LogP contribution < -0.4 is 4.74 Å². The van der Waals surface area contributed by atoms with Gasteiger partial charge in [0.25, 0.3) is 0 Å². The van der Waals surface area contributed by atoms with Gasteiger partial charge in [-0.1, -0.05) is 72.3 Å². The highest BCUT2D eigenvalue weighted by Crippen LogP contribution is 2.47. The third kappa shape index (κ3) is 2.56. The number of halogens is 1. The van der Waals surface area contributed by atoms with E-state index in [4.69, 9.17) is 21.4 Å². The van der Waals surface area contributed by atoms with Crippen LogP contribution in [-0.4, -0.2) is 10.7 Å². The molecule has 2 atom stereocenters. The summed E-state index contributed by atoms with van der Waals surface area (Å²) in [5.41, 5.74) is 4.46. The Morgan fingerprint density at radius 1 is 0.885 bits per heavy atom. The standard InChI is InChI=1S/C22H17ClN2O/c23-17-12-10-15(11-13-17)19-14-20-18-8-4-5-9-21(18)26-22(25(20)24-19)16-6-2-1-3-7-16/h1-13,20,22H,14H2/t20-,22-/m1/s1. The molecule has 3 aromatic carbocycles. The number of hydrazone groups is 1. The third-order valence-electron chi connectivity index (χ3n) is 4.96. The van der Waals surface area contributed by atoms with Crippen LogP contribution in [0.4, 0.5) is 0 Å². The maximum atomic E-state index is 6.33. The molecule has 2 aliphatic rings. The van der Waals surface area contributed by atoms with Gasteiger partial charge in [-0.2, -0.15) is 5.10 Å². The van der Waals surface area contributed by atoms with Crippen molar-refractivity contribution in [2.75, 3.05) is 0 Å². The fourth-order valence-corrected chi connectivity index (χ4v) is 3.81. The minimum atomic E-state index is -0.221. The predicted octanol–water partition coefficient (Wildman–Crippen LogP) is 5.58. The summed E-state index contributed by atoms with van der Waals surface area (Å²) in [4.78, 5) is 0. The van der Waals surface area contributed by atoms with Crippen LogP contribution in [0.3, 0.4) is 0 Å². The Labute approximate surface area is 157 Å². The second-order valence-corrected chi connectivity index (χ2v) is 7.01. The lowest BCUT2D eigenvalue weighted by molar-refractivity contribution is -0.0190. The van der Waals surface area contributed by atoms with E-state index in [1.807, 2.05) is 54.6 Å². The van der Waals surface area contributed by atoms with Crippen molar-refractivity contribution in [2.45, 2.75) is 18.7 Å². The van der Waals surface area contributed by atoms with E-state index in [1.54, 1.807) is 0 Å². The average Bonchev–Trinajstić information content (AvgIpc) is 3.14. The van der Waals surface area contributed by atoms with E-state index in [9.17, 15) is 0 Å². The first-order chi connectivity index (χ1) is 12.8. The second-order valence-electron chi connectivity index (χ2n) is 6.57. The van der Waals surface area contributed by atoms with E-state index in [1.165, 1.54) is 5.56 Å². The summed E-state index contributed by atoms with van der Waals surface area (Å²) >= 11 is 6.04. The predicted molar refractivity (Wildman–Crippen MR) is 103 cm³/mol. The van der Waals surface area contributed by atoms with E-state index < -0.39 is 0 Å². The first kappa shape index (κ1) is 15.5. The highest BCUT2D eigenvalue weighted by molar-refractivity contribution is 6.30. The molecule has 128 valence electrons. The molecule has 0 aliphatic carbocycles. The van der Waals surface area contributed by atoms with Gasteiger partial charge in [-0.05, 0) is 23.8 Å². The summed E-state index contributed by atoms with van der Waals surface area (Å²) in [6.45, 7) is 0. The van der Waals surface area contributed by atoms with Crippen LogP contribution in [0.15, 0.2) is 84.0 Å². The van der Waals surface area contributed by atoms with Gasteiger partial charge in [0.1, 0.15) is 5.75 Å². The molecule has 2 aliphatic heterocycles. The molecule has 0 radical (unpaired) electrons. The fraction of sp³-hybridized carbons (Fsp3) is 0.136. The Balaban J connectivity index is 1.59. The van der Waals surface area contributed by atoms with Crippen molar-refractivity contribution >= 4 is 17.3 Å². The average molecular weight is 361 g/mol. The van der Waals surface area contributed by atoms with Crippen LogP contribution in [-0.2, 0) is 0 Å². The summed E-state index contributed by atoms with van der Waals surface area (Å²) < 4.78 is 6.33. The summed E-state index contributed by atoms with van der Waals surface area (Å²) in [5.74, 6) is 0.940. The molecule has 0 saturated heterocycles. The molecule has 4 heteroatoms. The number of ether oxygens (including phenoxy) is 1. The van der Waals surface area contributed by atoms with Gasteiger partial charge in [0.05, 0.1) is 11.8 Å². The molecule has 26 heavy (non-hydrogen) atoms. The van der Waals surface area contributed by atoms with Gasteiger partial charge in [0, 0.05) is 22.6 Å². The van der Waals surface area contributed by atoms with Gasteiger partial charge in [-0.15, -0.1) is 0 Å². The molecule has 5 rings (SSSR count). The largest absolute Gasteiger partial charge is 0.464 e. The van der Waals surface area contributed by atoms with E-state index in [2.05, 4.69) is 29.3 Å². The maximum absolute atomic E-state index is 6.33. The van der Waals surface area contributed by atoms with E-state index in [0.29, 0.717) is 0 Å². The van der Waals surface area contributed by atoms with Crippen LogP contribution in [0.2, 0.25) is 5.02 Å². The lowest BCUT2D eigenvalue weighted by Gasteiger charge is -2.38. The minimum absolute atomic E-state index is 0.177. The fourth-order valence-electron chi connectivity index (χ4n) is 3.69. The number of hydrogen-bond acceptors (Lipinski definition) is 3. The van der Waals surface area contributed by atoms with Crippen LogP contribution in [0.25, 0.3) is 0 Å². The highest BCUT2D eigenvalue weighted by atomic mass is 35.5. The zero-order chi connectivity index (χ0) is 17.5. The molecule has 0 amide bonds. The minimum Gasteiger partial charge on any atom is -0.464 e.